The molecule has 0 bridgehead atoms. The second-order valence-electron chi connectivity index (χ2n) is 5.24. The summed E-state index contributed by atoms with van der Waals surface area (Å²) in [6, 6.07) is 0. The van der Waals surface area contributed by atoms with E-state index in [0.717, 1.165) is 17.1 Å². The van der Waals surface area contributed by atoms with E-state index in [-0.39, 0.29) is 12.5 Å². The first-order chi connectivity index (χ1) is 8.85. The Morgan fingerprint density at radius 2 is 2.32 bits per heavy atom. The van der Waals surface area contributed by atoms with Crippen LogP contribution in [0.15, 0.2) is 0 Å². The second-order valence-corrected chi connectivity index (χ2v) is 6.44. The van der Waals surface area contributed by atoms with E-state index in [1.807, 2.05) is 13.8 Å². The molecule has 1 fully saturated rings. The number of aliphatic hydroxyl groups is 2. The fraction of sp³-hybridized carbons (Fsp3) is 0.692. The van der Waals surface area contributed by atoms with Crippen molar-refractivity contribution in [1.29, 1.82) is 0 Å². The van der Waals surface area contributed by atoms with Gasteiger partial charge in [-0.25, -0.2) is 4.98 Å². The maximum Gasteiger partial charge on any atom is 0.265 e. The number of amides is 1. The molecule has 1 amide bonds. The van der Waals surface area contributed by atoms with Crippen LogP contribution in [0.25, 0.3) is 0 Å². The average Bonchev–Trinajstić information content (AvgIpc) is 2.73. The van der Waals surface area contributed by atoms with Crippen molar-refractivity contribution < 1.29 is 15.0 Å². The lowest BCUT2D eigenvalue weighted by atomic mass is 9.90. The zero-order valence-electron chi connectivity index (χ0n) is 11.5. The van der Waals surface area contributed by atoms with Gasteiger partial charge in [-0.1, -0.05) is 6.92 Å². The van der Waals surface area contributed by atoms with Gasteiger partial charge in [-0.2, -0.15) is 0 Å². The van der Waals surface area contributed by atoms with Crippen LogP contribution >= 0.6 is 11.3 Å². The molecule has 2 N–H and O–H groups in total. The predicted molar refractivity (Wildman–Crippen MR) is 73.4 cm³/mol. The SMILES string of the molecule is CCc1nc(C)sc1C(=O)N1CC[C@@](C)(O)[C@H](O)C1. The number of aryl methyl sites for hydroxylation is 2. The molecule has 2 atom stereocenters. The van der Waals surface area contributed by atoms with Crippen molar-refractivity contribution in [3.05, 3.63) is 15.6 Å². The lowest BCUT2D eigenvalue weighted by molar-refractivity contribution is -0.0998. The molecular formula is C13H20N2O3S. The molecule has 1 aromatic rings. The van der Waals surface area contributed by atoms with E-state index < -0.39 is 11.7 Å². The topological polar surface area (TPSA) is 73.7 Å². The molecule has 1 aromatic heterocycles. The Morgan fingerprint density at radius 3 is 2.89 bits per heavy atom. The Bertz CT molecular complexity index is 484. The zero-order valence-corrected chi connectivity index (χ0v) is 12.3. The number of β-amino-alcohol motifs (C(OH)–C–C–N with tert-alkyl or cyclic N) is 1. The van der Waals surface area contributed by atoms with Gasteiger partial charge in [0.25, 0.3) is 5.91 Å². The van der Waals surface area contributed by atoms with Gasteiger partial charge in [-0.3, -0.25) is 4.79 Å². The Morgan fingerprint density at radius 1 is 1.63 bits per heavy atom. The molecule has 5 nitrogen and oxygen atoms in total. The standard InChI is InChI=1S/C13H20N2O3S/c1-4-9-11(19-8(2)14-9)12(17)15-6-5-13(3,18)10(16)7-15/h10,16,18H,4-7H2,1-3H3/t10-,13-/m1/s1. The lowest BCUT2D eigenvalue weighted by Gasteiger charge is -2.39. The van der Waals surface area contributed by atoms with Crippen molar-refractivity contribution in [2.24, 2.45) is 0 Å². The summed E-state index contributed by atoms with van der Waals surface area (Å²) in [5, 5.41) is 20.7. The van der Waals surface area contributed by atoms with Gasteiger partial charge in [0, 0.05) is 13.1 Å². The summed E-state index contributed by atoms with van der Waals surface area (Å²) < 4.78 is 0. The third-order valence-corrected chi connectivity index (χ3v) is 4.62. The molecule has 2 rings (SSSR count). The quantitative estimate of drug-likeness (QED) is 0.849. The van der Waals surface area contributed by atoms with E-state index in [9.17, 15) is 15.0 Å². The molecule has 2 heterocycles. The minimum atomic E-state index is -1.10. The van der Waals surface area contributed by atoms with E-state index in [2.05, 4.69) is 4.98 Å². The number of nitrogens with zero attached hydrogens (tertiary/aromatic N) is 2. The van der Waals surface area contributed by atoms with Crippen LogP contribution in [0.2, 0.25) is 0 Å². The molecule has 1 aliphatic heterocycles. The highest BCUT2D eigenvalue weighted by atomic mass is 32.1. The Balaban J connectivity index is 2.17. The first-order valence-electron chi connectivity index (χ1n) is 6.51. The largest absolute Gasteiger partial charge is 0.388 e. The van der Waals surface area contributed by atoms with Crippen LogP contribution < -0.4 is 0 Å². The summed E-state index contributed by atoms with van der Waals surface area (Å²) in [7, 11) is 0. The number of aromatic nitrogens is 1. The number of thiazole rings is 1. The fourth-order valence-electron chi connectivity index (χ4n) is 2.23. The summed E-state index contributed by atoms with van der Waals surface area (Å²) in [6.45, 7) is 6.10. The van der Waals surface area contributed by atoms with Gasteiger partial charge < -0.3 is 15.1 Å². The number of aliphatic hydroxyl groups excluding tert-OH is 1. The van der Waals surface area contributed by atoms with Gasteiger partial charge in [0.1, 0.15) is 4.88 Å². The van der Waals surface area contributed by atoms with Crippen LogP contribution in [-0.4, -0.2) is 50.8 Å². The molecule has 0 radical (unpaired) electrons. The van der Waals surface area contributed by atoms with E-state index in [4.69, 9.17) is 0 Å². The maximum absolute atomic E-state index is 12.5. The van der Waals surface area contributed by atoms with Crippen LogP contribution in [0.5, 0.6) is 0 Å². The molecule has 1 aliphatic rings. The third-order valence-electron chi connectivity index (χ3n) is 3.62. The van der Waals surface area contributed by atoms with Gasteiger partial charge in [-0.05, 0) is 26.7 Å². The molecule has 106 valence electrons. The first kappa shape index (κ1) is 14.4. The van der Waals surface area contributed by atoms with Crippen molar-refractivity contribution in [3.63, 3.8) is 0 Å². The molecule has 0 unspecified atom stereocenters. The number of rotatable bonds is 2. The highest BCUT2D eigenvalue weighted by molar-refractivity contribution is 7.13. The molecule has 19 heavy (non-hydrogen) atoms. The number of piperidine rings is 1. The van der Waals surface area contributed by atoms with Crippen LogP contribution in [0.3, 0.4) is 0 Å². The molecule has 0 spiro atoms. The molecule has 1 saturated heterocycles. The van der Waals surface area contributed by atoms with Gasteiger partial charge in [-0.15, -0.1) is 11.3 Å². The van der Waals surface area contributed by atoms with E-state index in [0.29, 0.717) is 17.8 Å². The molecule has 0 aliphatic carbocycles. The minimum Gasteiger partial charge on any atom is -0.388 e. The molecule has 6 heteroatoms. The van der Waals surface area contributed by atoms with Gasteiger partial charge >= 0.3 is 0 Å². The number of carbonyl (C=O) groups excluding carboxylic acids is 1. The predicted octanol–water partition coefficient (Wildman–Crippen LogP) is 0.972. The minimum absolute atomic E-state index is 0.0861. The van der Waals surface area contributed by atoms with Crippen LogP contribution in [-0.2, 0) is 6.42 Å². The smallest absolute Gasteiger partial charge is 0.265 e. The molecule has 0 saturated carbocycles. The highest BCUT2D eigenvalue weighted by Crippen LogP contribution is 2.26. The lowest BCUT2D eigenvalue weighted by Crippen LogP contribution is -2.55. The Labute approximate surface area is 116 Å². The summed E-state index contributed by atoms with van der Waals surface area (Å²) in [6.07, 6.45) is 0.211. The Hall–Kier alpha value is -0.980. The summed E-state index contributed by atoms with van der Waals surface area (Å²) >= 11 is 1.40. The summed E-state index contributed by atoms with van der Waals surface area (Å²) in [5.41, 5.74) is -0.284. The number of hydrogen-bond acceptors (Lipinski definition) is 5. The van der Waals surface area contributed by atoms with Crippen LogP contribution in [0.4, 0.5) is 0 Å². The van der Waals surface area contributed by atoms with Crippen molar-refractivity contribution in [2.45, 2.75) is 45.3 Å². The fourth-order valence-corrected chi connectivity index (χ4v) is 3.21. The van der Waals surface area contributed by atoms with Crippen LogP contribution in [0, 0.1) is 6.92 Å². The van der Waals surface area contributed by atoms with E-state index >= 15 is 0 Å². The van der Waals surface area contributed by atoms with Gasteiger partial charge in [0.15, 0.2) is 0 Å². The third kappa shape index (κ3) is 2.80. The second kappa shape index (κ2) is 5.19. The molecule has 0 aromatic carbocycles. The molecular weight excluding hydrogens is 264 g/mol. The summed E-state index contributed by atoms with van der Waals surface area (Å²) in [4.78, 5) is 19.1. The number of carbonyl (C=O) groups is 1. The van der Waals surface area contributed by atoms with Crippen molar-refractivity contribution in [1.82, 2.24) is 9.88 Å². The number of hydrogen-bond donors (Lipinski definition) is 2. The van der Waals surface area contributed by atoms with Crippen molar-refractivity contribution in [3.8, 4) is 0 Å². The first-order valence-corrected chi connectivity index (χ1v) is 7.33. The van der Waals surface area contributed by atoms with Crippen molar-refractivity contribution >= 4 is 17.2 Å². The van der Waals surface area contributed by atoms with Crippen molar-refractivity contribution in [2.75, 3.05) is 13.1 Å². The average molecular weight is 284 g/mol. The number of likely N-dealkylation sites (tertiary alicyclic amines) is 1. The zero-order chi connectivity index (χ0) is 14.2. The normalized spacial score (nSPS) is 27.6. The van der Waals surface area contributed by atoms with Gasteiger partial charge in [0.05, 0.1) is 22.4 Å². The van der Waals surface area contributed by atoms with E-state index in [1.165, 1.54) is 11.3 Å². The van der Waals surface area contributed by atoms with Crippen LogP contribution in [0.1, 0.15) is 40.6 Å². The Kier molecular flexibility index (Phi) is 3.94. The monoisotopic (exact) mass is 284 g/mol. The van der Waals surface area contributed by atoms with E-state index in [1.54, 1.807) is 11.8 Å². The maximum atomic E-state index is 12.5. The highest BCUT2D eigenvalue weighted by Gasteiger charge is 2.38. The van der Waals surface area contributed by atoms with Gasteiger partial charge in [0.2, 0.25) is 0 Å². The summed E-state index contributed by atoms with van der Waals surface area (Å²) in [5.74, 6) is -0.0861.